The van der Waals surface area contributed by atoms with Gasteiger partial charge in [-0.15, -0.1) is 10.2 Å². The Bertz CT molecular complexity index is 1150. The Hall–Kier alpha value is -3.46. The minimum Gasteiger partial charge on any atom is -0.497 e. The Morgan fingerprint density at radius 3 is 2.71 bits per heavy atom. The van der Waals surface area contributed by atoms with Crippen LogP contribution in [0.3, 0.4) is 0 Å². The van der Waals surface area contributed by atoms with E-state index in [2.05, 4.69) is 52.6 Å². The maximum absolute atomic E-state index is 5.98. The first-order valence-corrected chi connectivity index (χ1v) is 10.2. The van der Waals surface area contributed by atoms with E-state index in [9.17, 15) is 0 Å². The number of methoxy groups -OCH3 is 1. The molecule has 4 rings (SSSR count). The van der Waals surface area contributed by atoms with Crippen molar-refractivity contribution in [3.8, 4) is 22.8 Å². The van der Waals surface area contributed by atoms with Crippen LogP contribution in [-0.4, -0.2) is 69.7 Å². The molecule has 1 N–H and O–H groups in total. The molecule has 9 nitrogen and oxygen atoms in total. The zero-order valence-corrected chi connectivity index (χ0v) is 18.3. The van der Waals surface area contributed by atoms with Crippen molar-refractivity contribution in [2.75, 3.05) is 34.4 Å². The molecule has 0 aliphatic rings. The van der Waals surface area contributed by atoms with Crippen LogP contribution in [-0.2, 0) is 6.54 Å². The van der Waals surface area contributed by atoms with Crippen molar-refractivity contribution in [2.24, 2.45) is 0 Å². The fourth-order valence-corrected chi connectivity index (χ4v) is 3.52. The van der Waals surface area contributed by atoms with Gasteiger partial charge in [0.2, 0.25) is 0 Å². The highest BCUT2D eigenvalue weighted by Gasteiger charge is 2.16. The van der Waals surface area contributed by atoms with Gasteiger partial charge in [-0.25, -0.2) is 0 Å². The molecule has 2 aromatic carbocycles. The minimum atomic E-state index is 0.422. The fourth-order valence-electron chi connectivity index (χ4n) is 3.52. The topological polar surface area (TPSA) is 94.0 Å². The van der Waals surface area contributed by atoms with Crippen molar-refractivity contribution < 1.29 is 9.47 Å². The summed E-state index contributed by atoms with van der Waals surface area (Å²) in [5, 5.41) is 20.1. The van der Waals surface area contributed by atoms with Gasteiger partial charge in [-0.3, -0.25) is 4.68 Å². The van der Waals surface area contributed by atoms with Gasteiger partial charge in [0, 0.05) is 17.5 Å². The third-order valence-corrected chi connectivity index (χ3v) is 5.09. The number of hydrogen-bond acceptors (Lipinski definition) is 7. The smallest absolute Gasteiger partial charge is 0.195 e. The van der Waals surface area contributed by atoms with Crippen molar-refractivity contribution in [3.05, 3.63) is 47.8 Å². The summed E-state index contributed by atoms with van der Waals surface area (Å²) in [6, 6.07) is 12.1. The highest BCUT2D eigenvalue weighted by molar-refractivity contribution is 5.94. The van der Waals surface area contributed by atoms with Crippen LogP contribution in [0.5, 0.6) is 11.5 Å². The Morgan fingerprint density at radius 1 is 1.13 bits per heavy atom. The lowest BCUT2D eigenvalue weighted by molar-refractivity contribution is 0.280. The van der Waals surface area contributed by atoms with E-state index < -0.39 is 0 Å². The summed E-state index contributed by atoms with van der Waals surface area (Å²) >= 11 is 0. The molecule has 0 aliphatic heterocycles. The number of hydrogen-bond donors (Lipinski definition) is 1. The molecule has 0 saturated carbocycles. The lowest BCUT2D eigenvalue weighted by Crippen LogP contribution is -2.15. The van der Waals surface area contributed by atoms with Crippen LogP contribution in [0, 0.1) is 6.92 Å². The summed E-state index contributed by atoms with van der Waals surface area (Å²) < 4.78 is 13.3. The number of fused-ring (bicyclic) bond motifs is 1. The van der Waals surface area contributed by atoms with E-state index in [1.165, 1.54) is 0 Å². The van der Waals surface area contributed by atoms with Crippen LogP contribution in [0.2, 0.25) is 0 Å². The van der Waals surface area contributed by atoms with Crippen molar-refractivity contribution in [1.82, 2.24) is 35.3 Å². The average molecular weight is 422 g/mol. The van der Waals surface area contributed by atoms with E-state index in [0.717, 1.165) is 52.2 Å². The molecule has 4 aromatic rings. The Kier molecular flexibility index (Phi) is 6.13. The zero-order valence-electron chi connectivity index (χ0n) is 18.3. The number of rotatable bonds is 9. The molecule has 0 unspecified atom stereocenters. The lowest BCUT2D eigenvalue weighted by Gasteiger charge is -2.12. The number of ether oxygens (including phenoxy) is 2. The molecule has 0 fully saturated rings. The van der Waals surface area contributed by atoms with Gasteiger partial charge in [0.25, 0.3) is 0 Å². The van der Waals surface area contributed by atoms with Gasteiger partial charge < -0.3 is 14.4 Å². The summed E-state index contributed by atoms with van der Waals surface area (Å²) in [7, 11) is 5.80. The van der Waals surface area contributed by atoms with Crippen LogP contribution >= 0.6 is 0 Å². The second-order valence-electron chi connectivity index (χ2n) is 7.70. The number of nitrogens with one attached hydrogen (secondary N) is 1. The van der Waals surface area contributed by atoms with Gasteiger partial charge in [-0.1, -0.05) is 5.21 Å². The number of tetrazole rings is 1. The number of aryl methyl sites for hydroxylation is 1. The zero-order chi connectivity index (χ0) is 21.8. The highest BCUT2D eigenvalue weighted by Crippen LogP contribution is 2.33. The van der Waals surface area contributed by atoms with Crippen LogP contribution in [0.1, 0.15) is 17.8 Å². The van der Waals surface area contributed by atoms with E-state index in [1.54, 1.807) is 7.11 Å². The van der Waals surface area contributed by atoms with Gasteiger partial charge in [0.15, 0.2) is 5.82 Å². The molecule has 0 atom stereocenters. The van der Waals surface area contributed by atoms with E-state index in [0.29, 0.717) is 19.0 Å². The number of aromatic nitrogens is 6. The average Bonchev–Trinajstić information content (AvgIpc) is 3.40. The van der Waals surface area contributed by atoms with Gasteiger partial charge in [-0.05, 0) is 69.4 Å². The molecule has 0 spiro atoms. The number of aromatic amines is 1. The monoisotopic (exact) mass is 421 g/mol. The molecular weight excluding hydrogens is 394 g/mol. The maximum Gasteiger partial charge on any atom is 0.195 e. The number of H-pyrrole nitrogens is 1. The molecule has 0 aliphatic carbocycles. The van der Waals surface area contributed by atoms with Gasteiger partial charge >= 0.3 is 0 Å². The second kappa shape index (κ2) is 9.13. The SMILES string of the molecule is COc1ccc2c(c1)c(-c1ccc(OCCCN(C)C)c(C)c1)nn2Cc1nn[nH]n1. The Labute approximate surface area is 181 Å². The molecular formula is C22H27N7O2. The van der Waals surface area contributed by atoms with E-state index in [-0.39, 0.29) is 0 Å². The van der Waals surface area contributed by atoms with Crippen LogP contribution in [0.15, 0.2) is 36.4 Å². The molecule has 31 heavy (non-hydrogen) atoms. The first-order valence-electron chi connectivity index (χ1n) is 10.2. The third kappa shape index (κ3) is 4.66. The Balaban J connectivity index is 1.65. The van der Waals surface area contributed by atoms with Crippen LogP contribution in [0.4, 0.5) is 0 Å². The summed E-state index contributed by atoms with van der Waals surface area (Å²) in [6.07, 6.45) is 0.985. The predicted octanol–water partition coefficient (Wildman–Crippen LogP) is 2.91. The standard InChI is InChI=1S/C22H27N7O2/c1-15-12-16(6-9-20(15)31-11-5-10-28(2)3)22-18-13-17(30-4)7-8-19(18)29(25-22)14-21-23-26-27-24-21/h6-9,12-13H,5,10-11,14H2,1-4H3,(H,23,24,26,27). The van der Waals surface area contributed by atoms with E-state index in [4.69, 9.17) is 14.6 Å². The predicted molar refractivity (Wildman–Crippen MR) is 118 cm³/mol. The molecule has 2 aromatic heterocycles. The summed E-state index contributed by atoms with van der Waals surface area (Å²) in [5.74, 6) is 2.26. The Morgan fingerprint density at radius 2 is 2.00 bits per heavy atom. The van der Waals surface area contributed by atoms with Gasteiger partial charge in [-0.2, -0.15) is 10.3 Å². The first kappa shape index (κ1) is 20.8. The third-order valence-electron chi connectivity index (χ3n) is 5.09. The van der Waals surface area contributed by atoms with Crippen molar-refractivity contribution >= 4 is 10.9 Å². The molecule has 2 heterocycles. The van der Waals surface area contributed by atoms with Crippen molar-refractivity contribution in [2.45, 2.75) is 19.9 Å². The first-order chi connectivity index (χ1) is 15.0. The highest BCUT2D eigenvalue weighted by atomic mass is 16.5. The van der Waals surface area contributed by atoms with Crippen LogP contribution in [0.25, 0.3) is 22.2 Å². The van der Waals surface area contributed by atoms with E-state index >= 15 is 0 Å². The number of benzene rings is 2. The summed E-state index contributed by atoms with van der Waals surface area (Å²) in [5.41, 5.74) is 3.94. The molecule has 0 bridgehead atoms. The molecule has 162 valence electrons. The number of nitrogens with zero attached hydrogens (tertiary/aromatic N) is 6. The largest absolute Gasteiger partial charge is 0.497 e. The molecule has 0 radical (unpaired) electrons. The van der Waals surface area contributed by atoms with Crippen LogP contribution < -0.4 is 9.47 Å². The normalized spacial score (nSPS) is 11.4. The van der Waals surface area contributed by atoms with Gasteiger partial charge in [0.1, 0.15) is 23.7 Å². The fraction of sp³-hybridized carbons (Fsp3) is 0.364. The molecule has 0 amide bonds. The summed E-state index contributed by atoms with van der Waals surface area (Å²) in [4.78, 5) is 2.16. The quantitative estimate of drug-likeness (QED) is 0.415. The van der Waals surface area contributed by atoms with Crippen molar-refractivity contribution in [3.63, 3.8) is 0 Å². The maximum atomic E-state index is 5.98. The minimum absolute atomic E-state index is 0.422. The summed E-state index contributed by atoms with van der Waals surface area (Å²) in [6.45, 7) is 4.18. The van der Waals surface area contributed by atoms with E-state index in [1.807, 2.05) is 35.0 Å². The molecule has 9 heteroatoms. The second-order valence-corrected chi connectivity index (χ2v) is 7.70. The molecule has 0 saturated heterocycles. The van der Waals surface area contributed by atoms with Crippen molar-refractivity contribution in [1.29, 1.82) is 0 Å². The lowest BCUT2D eigenvalue weighted by atomic mass is 10.0. The van der Waals surface area contributed by atoms with Gasteiger partial charge in [0.05, 0.1) is 19.2 Å².